The van der Waals surface area contributed by atoms with E-state index in [4.69, 9.17) is 4.74 Å². The van der Waals surface area contributed by atoms with E-state index in [0.717, 1.165) is 5.56 Å². The number of nitro groups is 1. The second kappa shape index (κ2) is 8.44. The molecule has 0 radical (unpaired) electrons. The smallest absolute Gasteiger partial charge is 0.408 e. The monoisotopic (exact) mass is 344 g/mol. The summed E-state index contributed by atoms with van der Waals surface area (Å²) in [6.45, 7) is 0.00974. The van der Waals surface area contributed by atoms with Crippen LogP contribution in [0.3, 0.4) is 0 Å². The maximum absolute atomic E-state index is 11.8. The molecule has 0 aliphatic carbocycles. The molecule has 1 atom stereocenters. The largest absolute Gasteiger partial charge is 0.480 e. The number of non-ortho nitro benzene ring substituents is 1. The van der Waals surface area contributed by atoms with Crippen molar-refractivity contribution in [3.05, 3.63) is 75.8 Å². The molecule has 0 aliphatic rings. The van der Waals surface area contributed by atoms with Gasteiger partial charge >= 0.3 is 12.1 Å². The number of aliphatic carboxylic acids is 1. The predicted molar refractivity (Wildman–Crippen MR) is 88.0 cm³/mol. The molecule has 0 heterocycles. The maximum Gasteiger partial charge on any atom is 0.408 e. The predicted octanol–water partition coefficient (Wildman–Crippen LogP) is 2.52. The van der Waals surface area contributed by atoms with Crippen LogP contribution in [0, 0.1) is 10.1 Å². The minimum absolute atomic E-state index is 0.00974. The highest BCUT2D eigenvalue weighted by molar-refractivity contribution is 5.80. The quantitative estimate of drug-likeness (QED) is 0.588. The molecular weight excluding hydrogens is 328 g/mol. The molecule has 2 aromatic carbocycles. The van der Waals surface area contributed by atoms with Crippen LogP contribution < -0.4 is 5.32 Å². The summed E-state index contributed by atoms with van der Waals surface area (Å²) >= 11 is 0. The summed E-state index contributed by atoms with van der Waals surface area (Å²) < 4.78 is 4.99. The molecule has 0 saturated heterocycles. The molecule has 0 saturated carbocycles. The number of hydrogen-bond donors (Lipinski definition) is 2. The van der Waals surface area contributed by atoms with E-state index in [1.54, 1.807) is 30.3 Å². The number of carboxylic acid groups (broad SMARTS) is 1. The standard InChI is InChI=1S/C17H16N2O6/c20-16(21)15(10-13-7-4-8-14(9-13)19(23)24)18-17(22)25-11-12-5-2-1-3-6-12/h1-9,15H,10-11H2,(H,18,22)(H,20,21). The lowest BCUT2D eigenvalue weighted by Crippen LogP contribution is -2.42. The number of rotatable bonds is 7. The van der Waals surface area contributed by atoms with Crippen LogP contribution in [0.15, 0.2) is 54.6 Å². The van der Waals surface area contributed by atoms with Crippen LogP contribution in [0.5, 0.6) is 0 Å². The molecule has 0 fully saturated rings. The van der Waals surface area contributed by atoms with Gasteiger partial charge in [-0.25, -0.2) is 9.59 Å². The average molecular weight is 344 g/mol. The molecule has 2 rings (SSSR count). The zero-order valence-electron chi connectivity index (χ0n) is 13.1. The first-order chi connectivity index (χ1) is 12.0. The number of carboxylic acids is 1. The number of nitrogens with zero attached hydrogens (tertiary/aromatic N) is 1. The average Bonchev–Trinajstić information content (AvgIpc) is 2.60. The summed E-state index contributed by atoms with van der Waals surface area (Å²) in [6.07, 6.45) is -0.973. The summed E-state index contributed by atoms with van der Waals surface area (Å²) in [7, 11) is 0. The molecule has 0 aromatic heterocycles. The SMILES string of the molecule is O=C(NC(Cc1cccc([N+](=O)[O-])c1)C(=O)O)OCc1ccccc1. The lowest BCUT2D eigenvalue weighted by molar-refractivity contribution is -0.384. The van der Waals surface area contributed by atoms with E-state index in [-0.39, 0.29) is 18.7 Å². The van der Waals surface area contributed by atoms with E-state index in [9.17, 15) is 24.8 Å². The van der Waals surface area contributed by atoms with Crippen molar-refractivity contribution in [2.24, 2.45) is 0 Å². The highest BCUT2D eigenvalue weighted by atomic mass is 16.6. The van der Waals surface area contributed by atoms with Gasteiger partial charge in [0.25, 0.3) is 5.69 Å². The molecule has 1 unspecified atom stereocenters. The summed E-state index contributed by atoms with van der Waals surface area (Å²) in [5, 5.41) is 22.3. The van der Waals surface area contributed by atoms with Crippen LogP contribution in [-0.4, -0.2) is 28.1 Å². The Balaban J connectivity index is 1.96. The van der Waals surface area contributed by atoms with Crippen molar-refractivity contribution in [2.45, 2.75) is 19.1 Å². The van der Waals surface area contributed by atoms with Gasteiger partial charge in [0.1, 0.15) is 12.6 Å². The second-order valence-corrected chi connectivity index (χ2v) is 5.23. The van der Waals surface area contributed by atoms with Crippen LogP contribution >= 0.6 is 0 Å². The number of ether oxygens (including phenoxy) is 1. The van der Waals surface area contributed by atoms with Gasteiger partial charge in [0.15, 0.2) is 0 Å². The van der Waals surface area contributed by atoms with Crippen LogP contribution in [0.25, 0.3) is 0 Å². The van der Waals surface area contributed by atoms with Crippen molar-refractivity contribution in [1.29, 1.82) is 0 Å². The Morgan fingerprint density at radius 2 is 1.80 bits per heavy atom. The van der Waals surface area contributed by atoms with Gasteiger partial charge in [0.05, 0.1) is 4.92 Å². The van der Waals surface area contributed by atoms with Crippen LogP contribution in [0.2, 0.25) is 0 Å². The minimum atomic E-state index is -1.26. The third-order valence-corrected chi connectivity index (χ3v) is 3.36. The number of amides is 1. The fourth-order valence-electron chi connectivity index (χ4n) is 2.14. The van der Waals surface area contributed by atoms with E-state index in [0.29, 0.717) is 5.56 Å². The van der Waals surface area contributed by atoms with E-state index in [1.165, 1.54) is 18.2 Å². The summed E-state index contributed by atoms with van der Waals surface area (Å²) in [6, 6.07) is 13.3. The van der Waals surface area contributed by atoms with Gasteiger partial charge in [-0.3, -0.25) is 10.1 Å². The van der Waals surface area contributed by atoms with Crippen molar-refractivity contribution in [2.75, 3.05) is 0 Å². The Kier molecular flexibility index (Phi) is 6.05. The van der Waals surface area contributed by atoms with Crippen molar-refractivity contribution in [1.82, 2.24) is 5.32 Å². The third kappa shape index (κ3) is 5.61. The van der Waals surface area contributed by atoms with Gasteiger partial charge in [-0.05, 0) is 11.1 Å². The number of benzene rings is 2. The number of nitrogens with one attached hydrogen (secondary N) is 1. The molecule has 2 aromatic rings. The Bertz CT molecular complexity index is 763. The molecule has 8 nitrogen and oxygen atoms in total. The van der Waals surface area contributed by atoms with Gasteiger partial charge in [-0.2, -0.15) is 0 Å². The molecule has 25 heavy (non-hydrogen) atoms. The van der Waals surface area contributed by atoms with Gasteiger partial charge in [0, 0.05) is 18.6 Å². The van der Waals surface area contributed by atoms with E-state index in [2.05, 4.69) is 5.32 Å². The second-order valence-electron chi connectivity index (χ2n) is 5.23. The third-order valence-electron chi connectivity index (χ3n) is 3.36. The first-order valence-corrected chi connectivity index (χ1v) is 7.39. The highest BCUT2D eigenvalue weighted by Crippen LogP contribution is 2.14. The van der Waals surface area contributed by atoms with E-state index >= 15 is 0 Å². The zero-order valence-corrected chi connectivity index (χ0v) is 13.1. The van der Waals surface area contributed by atoms with Gasteiger partial charge in [-0.15, -0.1) is 0 Å². The first kappa shape index (κ1) is 17.9. The van der Waals surface area contributed by atoms with Crippen LogP contribution in [-0.2, 0) is 22.6 Å². The number of hydrogen-bond acceptors (Lipinski definition) is 5. The van der Waals surface area contributed by atoms with Gasteiger partial charge in [-0.1, -0.05) is 42.5 Å². The normalized spacial score (nSPS) is 11.4. The lowest BCUT2D eigenvalue weighted by Gasteiger charge is -2.14. The lowest BCUT2D eigenvalue weighted by atomic mass is 10.1. The Labute approximate surface area is 143 Å². The maximum atomic E-state index is 11.8. The van der Waals surface area contributed by atoms with E-state index < -0.39 is 23.0 Å². The molecule has 8 heteroatoms. The van der Waals surface area contributed by atoms with Crippen LogP contribution in [0.4, 0.5) is 10.5 Å². The molecular formula is C17H16N2O6. The highest BCUT2D eigenvalue weighted by Gasteiger charge is 2.22. The van der Waals surface area contributed by atoms with Gasteiger partial charge < -0.3 is 15.2 Å². The first-order valence-electron chi connectivity index (χ1n) is 7.39. The Morgan fingerprint density at radius 1 is 1.12 bits per heavy atom. The Hall–Kier alpha value is -3.42. The molecule has 0 aliphatic heterocycles. The fourth-order valence-corrected chi connectivity index (χ4v) is 2.14. The minimum Gasteiger partial charge on any atom is -0.480 e. The molecule has 0 spiro atoms. The summed E-state index contributed by atoms with van der Waals surface area (Å²) in [5.74, 6) is -1.26. The van der Waals surface area contributed by atoms with Crippen molar-refractivity contribution in [3.8, 4) is 0 Å². The van der Waals surface area contributed by atoms with Crippen molar-refractivity contribution >= 4 is 17.7 Å². The number of nitro benzene ring substituents is 1. The Morgan fingerprint density at radius 3 is 2.44 bits per heavy atom. The summed E-state index contributed by atoms with van der Waals surface area (Å²) in [5.41, 5.74) is 1.04. The zero-order chi connectivity index (χ0) is 18.2. The fraction of sp³-hybridized carbons (Fsp3) is 0.176. The molecule has 0 bridgehead atoms. The number of alkyl carbamates (subject to hydrolysis) is 1. The van der Waals surface area contributed by atoms with Crippen molar-refractivity contribution < 1.29 is 24.4 Å². The molecule has 1 amide bonds. The number of carbonyl (C=O) groups excluding carboxylic acids is 1. The molecule has 130 valence electrons. The number of carbonyl (C=O) groups is 2. The van der Waals surface area contributed by atoms with E-state index in [1.807, 2.05) is 6.07 Å². The summed E-state index contributed by atoms with van der Waals surface area (Å²) in [4.78, 5) is 33.3. The van der Waals surface area contributed by atoms with Crippen molar-refractivity contribution in [3.63, 3.8) is 0 Å². The van der Waals surface area contributed by atoms with Gasteiger partial charge in [0.2, 0.25) is 0 Å². The molecule has 2 N–H and O–H groups in total. The van der Waals surface area contributed by atoms with Crippen LogP contribution in [0.1, 0.15) is 11.1 Å². The topological polar surface area (TPSA) is 119 Å².